The van der Waals surface area contributed by atoms with Crippen molar-refractivity contribution >= 4 is 16.8 Å². The molecular weight excluding hydrogens is 266 g/mol. The number of carbonyl (C=O) groups excluding carboxylic acids is 1. The quantitative estimate of drug-likeness (QED) is 0.703. The maximum absolute atomic E-state index is 11.9. The summed E-state index contributed by atoms with van der Waals surface area (Å²) in [5.41, 5.74) is 1.46. The van der Waals surface area contributed by atoms with Crippen molar-refractivity contribution in [3.63, 3.8) is 0 Å². The van der Waals surface area contributed by atoms with E-state index in [2.05, 4.69) is 15.6 Å². The SMILES string of the molecule is CC(C)C(=O)NCCNCc1cc2ccccc2[nH]c1=O. The van der Waals surface area contributed by atoms with Crippen LogP contribution in [0.5, 0.6) is 0 Å². The molecule has 0 aliphatic rings. The fourth-order valence-electron chi connectivity index (χ4n) is 2.03. The molecule has 2 rings (SSSR count). The van der Waals surface area contributed by atoms with Gasteiger partial charge in [0.1, 0.15) is 0 Å². The van der Waals surface area contributed by atoms with Gasteiger partial charge in [-0.3, -0.25) is 9.59 Å². The average Bonchev–Trinajstić information content (AvgIpc) is 2.46. The summed E-state index contributed by atoms with van der Waals surface area (Å²) in [5.74, 6) is 0.0358. The monoisotopic (exact) mass is 287 g/mol. The van der Waals surface area contributed by atoms with Gasteiger partial charge in [-0.1, -0.05) is 32.0 Å². The largest absolute Gasteiger partial charge is 0.355 e. The molecule has 21 heavy (non-hydrogen) atoms. The number of fused-ring (bicyclic) bond motifs is 1. The fourth-order valence-corrected chi connectivity index (χ4v) is 2.03. The number of carbonyl (C=O) groups is 1. The summed E-state index contributed by atoms with van der Waals surface area (Å²) >= 11 is 0. The van der Waals surface area contributed by atoms with Crippen molar-refractivity contribution in [3.8, 4) is 0 Å². The summed E-state index contributed by atoms with van der Waals surface area (Å²) in [4.78, 5) is 26.2. The highest BCUT2D eigenvalue weighted by Crippen LogP contribution is 2.09. The Hall–Kier alpha value is -2.14. The van der Waals surface area contributed by atoms with E-state index >= 15 is 0 Å². The van der Waals surface area contributed by atoms with Crippen molar-refractivity contribution in [2.75, 3.05) is 13.1 Å². The highest BCUT2D eigenvalue weighted by atomic mass is 16.1. The Bertz CT molecular complexity index is 677. The Balaban J connectivity index is 1.88. The predicted octanol–water partition coefficient (Wildman–Crippen LogP) is 1.39. The van der Waals surface area contributed by atoms with E-state index in [9.17, 15) is 9.59 Å². The molecule has 1 amide bonds. The van der Waals surface area contributed by atoms with Crippen LogP contribution in [-0.2, 0) is 11.3 Å². The van der Waals surface area contributed by atoms with Crippen LogP contribution in [0.4, 0.5) is 0 Å². The summed E-state index contributed by atoms with van der Waals surface area (Å²) in [6.45, 7) is 5.39. The van der Waals surface area contributed by atoms with Crippen LogP contribution in [0.15, 0.2) is 35.1 Å². The van der Waals surface area contributed by atoms with E-state index in [0.29, 0.717) is 25.2 Å². The van der Waals surface area contributed by atoms with Gasteiger partial charge in [0, 0.05) is 36.6 Å². The van der Waals surface area contributed by atoms with Crippen molar-refractivity contribution in [2.24, 2.45) is 5.92 Å². The molecule has 0 bridgehead atoms. The third kappa shape index (κ3) is 4.16. The Morgan fingerprint density at radius 2 is 2.00 bits per heavy atom. The van der Waals surface area contributed by atoms with E-state index in [1.54, 1.807) is 0 Å². The number of pyridine rings is 1. The molecule has 1 heterocycles. The number of aromatic nitrogens is 1. The van der Waals surface area contributed by atoms with Crippen molar-refractivity contribution in [3.05, 3.63) is 46.2 Å². The van der Waals surface area contributed by atoms with E-state index in [-0.39, 0.29) is 17.4 Å². The molecule has 0 saturated heterocycles. The van der Waals surface area contributed by atoms with Gasteiger partial charge in [-0.2, -0.15) is 0 Å². The number of amides is 1. The molecule has 5 nitrogen and oxygen atoms in total. The van der Waals surface area contributed by atoms with Gasteiger partial charge in [0.2, 0.25) is 5.91 Å². The minimum absolute atomic E-state index is 0.00617. The van der Waals surface area contributed by atoms with Crippen LogP contribution in [0.25, 0.3) is 10.9 Å². The zero-order valence-corrected chi connectivity index (χ0v) is 12.4. The van der Waals surface area contributed by atoms with Gasteiger partial charge < -0.3 is 15.6 Å². The summed E-state index contributed by atoms with van der Waals surface area (Å²) in [6, 6.07) is 9.59. The van der Waals surface area contributed by atoms with Crippen LogP contribution in [-0.4, -0.2) is 24.0 Å². The van der Waals surface area contributed by atoms with Crippen LogP contribution in [0.3, 0.4) is 0 Å². The molecule has 112 valence electrons. The molecule has 3 N–H and O–H groups in total. The number of rotatable bonds is 6. The molecule has 0 aliphatic carbocycles. The molecule has 2 aromatic rings. The topological polar surface area (TPSA) is 74.0 Å². The van der Waals surface area contributed by atoms with Gasteiger partial charge >= 0.3 is 0 Å². The number of hydrogen-bond donors (Lipinski definition) is 3. The maximum atomic E-state index is 11.9. The lowest BCUT2D eigenvalue weighted by atomic mass is 10.1. The third-order valence-corrected chi connectivity index (χ3v) is 3.27. The number of H-pyrrole nitrogens is 1. The maximum Gasteiger partial charge on any atom is 0.252 e. The average molecular weight is 287 g/mol. The summed E-state index contributed by atoms with van der Waals surface area (Å²) in [7, 11) is 0. The van der Waals surface area contributed by atoms with Crippen molar-refractivity contribution < 1.29 is 4.79 Å². The second-order valence-corrected chi connectivity index (χ2v) is 5.33. The summed E-state index contributed by atoms with van der Waals surface area (Å²) in [6.07, 6.45) is 0. The van der Waals surface area contributed by atoms with Crippen LogP contribution < -0.4 is 16.2 Å². The minimum Gasteiger partial charge on any atom is -0.355 e. The normalized spacial score (nSPS) is 11.0. The molecule has 0 unspecified atom stereocenters. The zero-order valence-electron chi connectivity index (χ0n) is 12.4. The van der Waals surface area contributed by atoms with E-state index in [1.165, 1.54) is 0 Å². The lowest BCUT2D eigenvalue weighted by Gasteiger charge is -2.09. The first kappa shape index (κ1) is 15.3. The van der Waals surface area contributed by atoms with Gasteiger partial charge in [0.15, 0.2) is 0 Å². The third-order valence-electron chi connectivity index (χ3n) is 3.27. The number of benzene rings is 1. The second-order valence-electron chi connectivity index (χ2n) is 5.33. The Morgan fingerprint density at radius 1 is 1.24 bits per heavy atom. The second kappa shape index (κ2) is 7.04. The van der Waals surface area contributed by atoms with E-state index in [1.807, 2.05) is 44.2 Å². The van der Waals surface area contributed by atoms with E-state index < -0.39 is 0 Å². The molecule has 0 saturated carbocycles. The van der Waals surface area contributed by atoms with Crippen LogP contribution in [0.2, 0.25) is 0 Å². The van der Waals surface area contributed by atoms with E-state index in [0.717, 1.165) is 10.9 Å². The highest BCUT2D eigenvalue weighted by molar-refractivity contribution is 5.78. The summed E-state index contributed by atoms with van der Waals surface area (Å²) < 4.78 is 0. The number of hydrogen-bond acceptors (Lipinski definition) is 3. The minimum atomic E-state index is -0.0765. The first-order valence-electron chi connectivity index (χ1n) is 7.17. The van der Waals surface area contributed by atoms with Crippen molar-refractivity contribution in [2.45, 2.75) is 20.4 Å². The number of nitrogens with one attached hydrogen (secondary N) is 3. The number of para-hydroxylation sites is 1. The molecule has 0 radical (unpaired) electrons. The summed E-state index contributed by atoms with van der Waals surface area (Å²) in [5, 5.41) is 7.01. The van der Waals surface area contributed by atoms with Gasteiger partial charge in [-0.15, -0.1) is 0 Å². The predicted molar refractivity (Wildman–Crippen MR) is 84.1 cm³/mol. The van der Waals surface area contributed by atoms with Gasteiger partial charge in [-0.25, -0.2) is 0 Å². The van der Waals surface area contributed by atoms with E-state index in [4.69, 9.17) is 0 Å². The van der Waals surface area contributed by atoms with Crippen molar-refractivity contribution in [1.82, 2.24) is 15.6 Å². The van der Waals surface area contributed by atoms with Crippen LogP contribution >= 0.6 is 0 Å². The first-order chi connectivity index (χ1) is 10.1. The zero-order chi connectivity index (χ0) is 15.2. The van der Waals surface area contributed by atoms with Gasteiger partial charge in [0.25, 0.3) is 5.56 Å². The van der Waals surface area contributed by atoms with Crippen LogP contribution in [0, 0.1) is 5.92 Å². The molecule has 1 aromatic heterocycles. The molecule has 0 spiro atoms. The molecule has 1 aromatic carbocycles. The molecule has 0 aliphatic heterocycles. The Morgan fingerprint density at radius 3 is 2.76 bits per heavy atom. The van der Waals surface area contributed by atoms with Gasteiger partial charge in [0.05, 0.1) is 0 Å². The Kier molecular flexibility index (Phi) is 5.11. The standard InChI is InChI=1S/C16H21N3O2/c1-11(2)15(20)18-8-7-17-10-13-9-12-5-3-4-6-14(12)19-16(13)21/h3-6,9,11,17H,7-8,10H2,1-2H3,(H,18,20)(H,19,21). The molecule has 0 atom stereocenters. The van der Waals surface area contributed by atoms with Crippen LogP contribution in [0.1, 0.15) is 19.4 Å². The lowest BCUT2D eigenvalue weighted by Crippen LogP contribution is -2.34. The first-order valence-corrected chi connectivity index (χ1v) is 7.17. The Labute approximate surface area is 123 Å². The van der Waals surface area contributed by atoms with Crippen molar-refractivity contribution in [1.29, 1.82) is 0 Å². The lowest BCUT2D eigenvalue weighted by molar-refractivity contribution is -0.123. The van der Waals surface area contributed by atoms with Gasteiger partial charge in [-0.05, 0) is 17.5 Å². The highest BCUT2D eigenvalue weighted by Gasteiger charge is 2.05. The fraction of sp³-hybridized carbons (Fsp3) is 0.375. The smallest absolute Gasteiger partial charge is 0.252 e. The molecule has 5 heteroatoms. The number of aromatic amines is 1. The molecular formula is C16H21N3O2. The molecule has 0 fully saturated rings.